The number of amides is 1. The van der Waals surface area contributed by atoms with Crippen LogP contribution >= 0.6 is 11.6 Å². The third-order valence-electron chi connectivity index (χ3n) is 3.79. The molecule has 1 atom stereocenters. The maximum atomic E-state index is 12.5. The van der Waals surface area contributed by atoms with Crippen molar-refractivity contribution < 1.29 is 14.6 Å². The van der Waals surface area contributed by atoms with E-state index in [1.54, 1.807) is 44.3 Å². The quantitative estimate of drug-likeness (QED) is 0.909. The molecule has 2 aromatic carbocycles. The highest BCUT2D eigenvalue weighted by Crippen LogP contribution is 2.30. The fourth-order valence-corrected chi connectivity index (χ4v) is 2.57. The SMILES string of the molecule is COc1ccc(N(C)C(=O)CC(C)(O)c2ccccc2)cc1Cl. The second-order valence-corrected chi connectivity index (χ2v) is 6.00. The third-order valence-corrected chi connectivity index (χ3v) is 4.08. The molecular weight excluding hydrogens is 314 g/mol. The normalized spacial score (nSPS) is 13.3. The predicted octanol–water partition coefficient (Wildman–Crippen LogP) is 3.61. The van der Waals surface area contributed by atoms with Gasteiger partial charge >= 0.3 is 0 Å². The van der Waals surface area contributed by atoms with Gasteiger partial charge in [-0.25, -0.2) is 0 Å². The first-order valence-electron chi connectivity index (χ1n) is 7.23. The van der Waals surface area contributed by atoms with Gasteiger partial charge < -0.3 is 14.7 Å². The number of carbonyl (C=O) groups is 1. The van der Waals surface area contributed by atoms with Crippen LogP contribution in [0.5, 0.6) is 5.75 Å². The molecule has 0 heterocycles. The maximum Gasteiger partial charge on any atom is 0.229 e. The Kier molecular flexibility index (Phi) is 5.29. The number of anilines is 1. The Morgan fingerprint density at radius 1 is 1.26 bits per heavy atom. The predicted molar refractivity (Wildman–Crippen MR) is 92.0 cm³/mol. The molecule has 0 aliphatic carbocycles. The molecule has 23 heavy (non-hydrogen) atoms. The van der Waals surface area contributed by atoms with Crippen molar-refractivity contribution in [1.82, 2.24) is 0 Å². The van der Waals surface area contributed by atoms with E-state index in [9.17, 15) is 9.90 Å². The molecule has 0 saturated carbocycles. The molecule has 1 N–H and O–H groups in total. The Morgan fingerprint density at radius 2 is 1.91 bits per heavy atom. The van der Waals surface area contributed by atoms with E-state index in [-0.39, 0.29) is 12.3 Å². The van der Waals surface area contributed by atoms with Crippen LogP contribution in [0, 0.1) is 0 Å². The molecule has 2 rings (SSSR count). The average molecular weight is 334 g/mol. The van der Waals surface area contributed by atoms with Crippen molar-refractivity contribution in [2.45, 2.75) is 18.9 Å². The van der Waals surface area contributed by atoms with Crippen molar-refractivity contribution in [3.8, 4) is 5.75 Å². The summed E-state index contributed by atoms with van der Waals surface area (Å²) >= 11 is 6.09. The first-order chi connectivity index (χ1) is 10.8. The monoisotopic (exact) mass is 333 g/mol. The second-order valence-electron chi connectivity index (χ2n) is 5.59. The van der Waals surface area contributed by atoms with Crippen molar-refractivity contribution >= 4 is 23.2 Å². The van der Waals surface area contributed by atoms with Gasteiger partial charge in [0.05, 0.1) is 24.2 Å². The number of hydrogen-bond acceptors (Lipinski definition) is 3. The van der Waals surface area contributed by atoms with E-state index in [1.165, 1.54) is 12.0 Å². The zero-order valence-electron chi connectivity index (χ0n) is 13.4. The van der Waals surface area contributed by atoms with Gasteiger partial charge in [-0.1, -0.05) is 41.9 Å². The average Bonchev–Trinajstić information content (AvgIpc) is 2.54. The van der Waals surface area contributed by atoms with Crippen LogP contribution < -0.4 is 9.64 Å². The molecule has 0 aliphatic rings. The Hall–Kier alpha value is -2.04. The van der Waals surface area contributed by atoms with Gasteiger partial charge in [-0.15, -0.1) is 0 Å². The highest BCUT2D eigenvalue weighted by molar-refractivity contribution is 6.32. The number of rotatable bonds is 5. The fraction of sp³-hybridized carbons (Fsp3) is 0.278. The summed E-state index contributed by atoms with van der Waals surface area (Å²) in [4.78, 5) is 14.0. The molecular formula is C18H20ClNO3. The van der Waals surface area contributed by atoms with Gasteiger partial charge in [0.25, 0.3) is 0 Å². The van der Waals surface area contributed by atoms with Crippen LogP contribution in [0.4, 0.5) is 5.69 Å². The van der Waals surface area contributed by atoms with Crippen LogP contribution in [0.3, 0.4) is 0 Å². The van der Waals surface area contributed by atoms with Crippen LogP contribution in [-0.2, 0) is 10.4 Å². The zero-order valence-corrected chi connectivity index (χ0v) is 14.2. The summed E-state index contributed by atoms with van der Waals surface area (Å²) in [7, 11) is 3.19. The van der Waals surface area contributed by atoms with E-state index in [0.29, 0.717) is 22.0 Å². The lowest BCUT2D eigenvalue weighted by molar-refractivity contribution is -0.123. The maximum absolute atomic E-state index is 12.5. The summed E-state index contributed by atoms with van der Waals surface area (Å²) in [6.07, 6.45) is -0.0306. The van der Waals surface area contributed by atoms with Crippen LogP contribution in [0.2, 0.25) is 5.02 Å². The number of methoxy groups -OCH3 is 1. The van der Waals surface area contributed by atoms with Crippen molar-refractivity contribution in [3.05, 3.63) is 59.1 Å². The lowest BCUT2D eigenvalue weighted by atomic mass is 9.92. The molecule has 122 valence electrons. The Balaban J connectivity index is 2.15. The highest BCUT2D eigenvalue weighted by Gasteiger charge is 2.28. The lowest BCUT2D eigenvalue weighted by Gasteiger charge is -2.26. The first-order valence-corrected chi connectivity index (χ1v) is 7.61. The Labute approximate surface area is 141 Å². The second kappa shape index (κ2) is 7.02. The first kappa shape index (κ1) is 17.3. The molecule has 4 nitrogen and oxygen atoms in total. The standard InChI is InChI=1S/C18H20ClNO3/c1-18(22,13-7-5-4-6-8-13)12-17(21)20(2)14-9-10-16(23-3)15(19)11-14/h4-11,22H,12H2,1-3H3. The van der Waals surface area contributed by atoms with Gasteiger partial charge in [0.1, 0.15) is 5.75 Å². The van der Waals surface area contributed by atoms with Gasteiger partial charge in [-0.05, 0) is 30.7 Å². The van der Waals surface area contributed by atoms with Gasteiger partial charge in [-0.2, -0.15) is 0 Å². The number of ether oxygens (including phenoxy) is 1. The number of halogens is 1. The molecule has 0 saturated heterocycles. The van der Waals surface area contributed by atoms with Crippen LogP contribution in [0.15, 0.2) is 48.5 Å². The fourth-order valence-electron chi connectivity index (χ4n) is 2.32. The third kappa shape index (κ3) is 4.03. The van der Waals surface area contributed by atoms with E-state index < -0.39 is 5.60 Å². The van der Waals surface area contributed by atoms with Crippen molar-refractivity contribution in [1.29, 1.82) is 0 Å². The summed E-state index contributed by atoms with van der Waals surface area (Å²) in [5.74, 6) is 0.340. The molecule has 0 fully saturated rings. The largest absolute Gasteiger partial charge is 0.495 e. The number of carbonyl (C=O) groups excluding carboxylic acids is 1. The van der Waals surface area contributed by atoms with E-state index in [0.717, 1.165) is 0 Å². The van der Waals surface area contributed by atoms with E-state index in [4.69, 9.17) is 16.3 Å². The molecule has 5 heteroatoms. The minimum absolute atomic E-state index is 0.0306. The summed E-state index contributed by atoms with van der Waals surface area (Å²) in [5.41, 5.74) is 0.113. The summed E-state index contributed by atoms with van der Waals surface area (Å²) in [6, 6.07) is 14.3. The van der Waals surface area contributed by atoms with Crippen molar-refractivity contribution in [3.63, 3.8) is 0 Å². The topological polar surface area (TPSA) is 49.8 Å². The molecule has 1 unspecified atom stereocenters. The summed E-state index contributed by atoms with van der Waals surface area (Å²) in [6.45, 7) is 1.63. The molecule has 1 amide bonds. The van der Waals surface area contributed by atoms with E-state index in [2.05, 4.69) is 0 Å². The number of nitrogens with zero attached hydrogens (tertiary/aromatic N) is 1. The number of aliphatic hydroxyl groups is 1. The summed E-state index contributed by atoms with van der Waals surface area (Å²) < 4.78 is 5.10. The highest BCUT2D eigenvalue weighted by atomic mass is 35.5. The number of hydrogen-bond donors (Lipinski definition) is 1. The van der Waals surface area contributed by atoms with Gasteiger partial charge in [0.2, 0.25) is 5.91 Å². The van der Waals surface area contributed by atoms with Crippen LogP contribution in [-0.4, -0.2) is 25.2 Å². The smallest absolute Gasteiger partial charge is 0.229 e. The van der Waals surface area contributed by atoms with E-state index >= 15 is 0 Å². The molecule has 2 aromatic rings. The molecule has 0 aromatic heterocycles. The number of benzene rings is 2. The molecule has 0 spiro atoms. The Morgan fingerprint density at radius 3 is 2.48 bits per heavy atom. The molecule has 0 aliphatic heterocycles. The zero-order chi connectivity index (χ0) is 17.0. The molecule has 0 radical (unpaired) electrons. The minimum Gasteiger partial charge on any atom is -0.495 e. The van der Waals surface area contributed by atoms with Crippen LogP contribution in [0.1, 0.15) is 18.9 Å². The molecule has 0 bridgehead atoms. The summed E-state index contributed by atoms with van der Waals surface area (Å²) in [5, 5.41) is 11.0. The van der Waals surface area contributed by atoms with Crippen molar-refractivity contribution in [2.75, 3.05) is 19.1 Å². The Bertz CT molecular complexity index is 686. The van der Waals surface area contributed by atoms with Crippen LogP contribution in [0.25, 0.3) is 0 Å². The van der Waals surface area contributed by atoms with E-state index in [1.807, 2.05) is 18.2 Å². The van der Waals surface area contributed by atoms with Gasteiger partial charge in [0.15, 0.2) is 0 Å². The van der Waals surface area contributed by atoms with Gasteiger partial charge in [-0.3, -0.25) is 4.79 Å². The lowest BCUT2D eigenvalue weighted by Crippen LogP contribution is -2.34. The minimum atomic E-state index is -1.23. The van der Waals surface area contributed by atoms with Gasteiger partial charge in [0, 0.05) is 12.7 Å². The van der Waals surface area contributed by atoms with Crippen molar-refractivity contribution in [2.24, 2.45) is 0 Å².